The summed E-state index contributed by atoms with van der Waals surface area (Å²) in [4.78, 5) is 20.2. The van der Waals surface area contributed by atoms with Gasteiger partial charge in [-0.3, -0.25) is 15.6 Å². The lowest BCUT2D eigenvalue weighted by atomic mass is 10.4. The summed E-state index contributed by atoms with van der Waals surface area (Å²) in [6.45, 7) is 1.80. The maximum Gasteiger partial charge on any atom is 0.279 e. The Kier molecular flexibility index (Phi) is 4.87. The Hall–Kier alpha value is -1.86. The number of nitrogen functional groups attached to an aromatic ring is 1. The van der Waals surface area contributed by atoms with Crippen molar-refractivity contribution in [1.29, 1.82) is 0 Å². The summed E-state index contributed by atoms with van der Waals surface area (Å²) < 4.78 is 0. The molecule has 0 aliphatic heterocycles. The first-order valence-corrected chi connectivity index (χ1v) is 5.74. The molecular weight excluding hydrogens is 274 g/mol. The maximum absolute atomic E-state index is 11.6. The van der Waals surface area contributed by atoms with Crippen LogP contribution in [0.4, 0.5) is 11.8 Å². The predicted molar refractivity (Wildman–Crippen MR) is 73.8 cm³/mol. The number of hydrogen-bond acceptors (Lipinski definition) is 6. The molecule has 2 heterocycles. The van der Waals surface area contributed by atoms with Gasteiger partial charge in [-0.1, -0.05) is 6.07 Å². The molecule has 0 fully saturated rings. The zero-order valence-corrected chi connectivity index (χ0v) is 11.1. The second-order valence-electron chi connectivity index (χ2n) is 3.31. The molecule has 0 saturated heterocycles. The standard InChI is InChI=1S/C10H11N5OS.ClH/c1-6-5-8(11)13-10(12-6)15-14-9(16)7-3-2-4-17-7;/h2-5H,1H3,(H,14,16)(H3,11,12,13,15);1H. The number of nitrogens with zero attached hydrogens (tertiary/aromatic N) is 2. The summed E-state index contributed by atoms with van der Waals surface area (Å²) in [7, 11) is 0. The molecule has 2 aromatic heterocycles. The minimum Gasteiger partial charge on any atom is -0.384 e. The Morgan fingerprint density at radius 3 is 2.83 bits per heavy atom. The van der Waals surface area contributed by atoms with E-state index in [0.717, 1.165) is 5.69 Å². The highest BCUT2D eigenvalue weighted by atomic mass is 35.5. The molecule has 0 aliphatic carbocycles. The number of carbonyl (C=O) groups is 1. The van der Waals surface area contributed by atoms with Crippen LogP contribution in [0.1, 0.15) is 15.4 Å². The van der Waals surface area contributed by atoms with Crippen molar-refractivity contribution in [3.8, 4) is 0 Å². The third kappa shape index (κ3) is 3.57. The van der Waals surface area contributed by atoms with E-state index in [1.165, 1.54) is 11.3 Å². The van der Waals surface area contributed by atoms with Crippen molar-refractivity contribution in [1.82, 2.24) is 15.4 Å². The van der Waals surface area contributed by atoms with Crippen molar-refractivity contribution in [2.75, 3.05) is 11.2 Å². The molecule has 96 valence electrons. The van der Waals surface area contributed by atoms with Gasteiger partial charge in [0.15, 0.2) is 0 Å². The Balaban J connectivity index is 0.00000162. The molecule has 0 aliphatic rings. The van der Waals surface area contributed by atoms with Crippen LogP contribution in [0.15, 0.2) is 23.6 Å². The van der Waals surface area contributed by atoms with Gasteiger partial charge in [-0.15, -0.1) is 23.7 Å². The van der Waals surface area contributed by atoms with E-state index < -0.39 is 0 Å². The SMILES string of the molecule is Cc1cc(N)nc(NNC(=O)c2cccs2)n1.Cl. The van der Waals surface area contributed by atoms with Gasteiger partial charge in [-0.05, 0) is 18.4 Å². The molecule has 0 spiro atoms. The van der Waals surface area contributed by atoms with Gasteiger partial charge in [0.05, 0.1) is 4.88 Å². The monoisotopic (exact) mass is 285 g/mol. The van der Waals surface area contributed by atoms with E-state index in [9.17, 15) is 4.79 Å². The number of amides is 1. The van der Waals surface area contributed by atoms with Gasteiger partial charge in [-0.2, -0.15) is 4.98 Å². The Morgan fingerprint density at radius 1 is 1.44 bits per heavy atom. The van der Waals surface area contributed by atoms with E-state index in [1.807, 2.05) is 5.38 Å². The van der Waals surface area contributed by atoms with Gasteiger partial charge in [0.1, 0.15) is 5.82 Å². The van der Waals surface area contributed by atoms with Crippen LogP contribution in [-0.2, 0) is 0 Å². The van der Waals surface area contributed by atoms with E-state index in [0.29, 0.717) is 10.7 Å². The average Bonchev–Trinajstić information content (AvgIpc) is 2.78. The van der Waals surface area contributed by atoms with Crippen LogP contribution in [0.2, 0.25) is 0 Å². The Labute approximate surface area is 114 Å². The van der Waals surface area contributed by atoms with E-state index >= 15 is 0 Å². The quantitative estimate of drug-likeness (QED) is 0.745. The highest BCUT2D eigenvalue weighted by molar-refractivity contribution is 7.12. The Bertz CT molecular complexity index is 511. The first-order valence-electron chi connectivity index (χ1n) is 4.86. The van der Waals surface area contributed by atoms with Gasteiger partial charge < -0.3 is 5.73 Å². The molecule has 1 amide bonds. The number of rotatable bonds is 3. The Morgan fingerprint density at radius 2 is 2.22 bits per heavy atom. The topological polar surface area (TPSA) is 92.9 Å². The normalized spacial score (nSPS) is 9.39. The molecule has 2 rings (SSSR count). The van der Waals surface area contributed by atoms with Crippen molar-refractivity contribution < 1.29 is 4.79 Å². The van der Waals surface area contributed by atoms with Crippen LogP contribution in [0, 0.1) is 6.92 Å². The van der Waals surface area contributed by atoms with Gasteiger partial charge in [0.25, 0.3) is 5.91 Å². The van der Waals surface area contributed by atoms with Gasteiger partial charge in [0, 0.05) is 11.8 Å². The minimum atomic E-state index is -0.233. The first kappa shape index (κ1) is 14.2. The van der Waals surface area contributed by atoms with Crippen molar-refractivity contribution in [3.63, 3.8) is 0 Å². The molecule has 0 bridgehead atoms. The van der Waals surface area contributed by atoms with Crippen LogP contribution in [0.5, 0.6) is 0 Å². The van der Waals surface area contributed by atoms with E-state index in [4.69, 9.17) is 5.73 Å². The fraction of sp³-hybridized carbons (Fsp3) is 0.100. The minimum absolute atomic E-state index is 0. The number of carbonyl (C=O) groups excluding carboxylic acids is 1. The molecular formula is C10H12ClN5OS. The van der Waals surface area contributed by atoms with Crippen LogP contribution in [-0.4, -0.2) is 15.9 Å². The van der Waals surface area contributed by atoms with E-state index in [1.54, 1.807) is 25.1 Å². The fourth-order valence-electron chi connectivity index (χ4n) is 1.23. The first-order chi connectivity index (χ1) is 8.15. The summed E-state index contributed by atoms with van der Waals surface area (Å²) in [5.74, 6) is 0.390. The van der Waals surface area contributed by atoms with Crippen LogP contribution in [0.3, 0.4) is 0 Å². The third-order valence-electron chi connectivity index (χ3n) is 1.91. The highest BCUT2D eigenvalue weighted by Crippen LogP contribution is 2.08. The molecule has 8 heteroatoms. The van der Waals surface area contributed by atoms with Gasteiger partial charge in [-0.25, -0.2) is 4.98 Å². The van der Waals surface area contributed by atoms with Crippen molar-refractivity contribution >= 4 is 41.4 Å². The van der Waals surface area contributed by atoms with Crippen molar-refractivity contribution in [2.24, 2.45) is 0 Å². The highest BCUT2D eigenvalue weighted by Gasteiger charge is 2.06. The number of halogens is 1. The number of hydrogen-bond donors (Lipinski definition) is 3. The maximum atomic E-state index is 11.6. The van der Waals surface area contributed by atoms with Crippen LogP contribution >= 0.6 is 23.7 Å². The molecule has 6 nitrogen and oxygen atoms in total. The zero-order chi connectivity index (χ0) is 12.3. The lowest BCUT2D eigenvalue weighted by molar-refractivity contribution is 0.0966. The smallest absolute Gasteiger partial charge is 0.279 e. The molecule has 18 heavy (non-hydrogen) atoms. The second kappa shape index (κ2) is 6.18. The number of anilines is 2. The van der Waals surface area contributed by atoms with Gasteiger partial charge >= 0.3 is 0 Å². The molecule has 0 atom stereocenters. The number of aryl methyl sites for hydroxylation is 1. The van der Waals surface area contributed by atoms with Crippen LogP contribution < -0.4 is 16.6 Å². The number of nitrogens with two attached hydrogens (primary N) is 1. The summed E-state index contributed by atoms with van der Waals surface area (Å²) in [5, 5.41) is 1.83. The summed E-state index contributed by atoms with van der Waals surface area (Å²) in [6.07, 6.45) is 0. The number of thiophene rings is 1. The number of nitrogens with one attached hydrogen (secondary N) is 2. The largest absolute Gasteiger partial charge is 0.384 e. The van der Waals surface area contributed by atoms with E-state index in [-0.39, 0.29) is 24.3 Å². The van der Waals surface area contributed by atoms with Crippen LogP contribution in [0.25, 0.3) is 0 Å². The molecule has 0 aromatic carbocycles. The lowest BCUT2D eigenvalue weighted by Gasteiger charge is -2.06. The number of hydrazine groups is 1. The molecule has 4 N–H and O–H groups in total. The summed E-state index contributed by atoms with van der Waals surface area (Å²) in [5.41, 5.74) is 11.4. The van der Waals surface area contributed by atoms with Crippen molar-refractivity contribution in [3.05, 3.63) is 34.2 Å². The molecule has 0 saturated carbocycles. The van der Waals surface area contributed by atoms with Gasteiger partial charge in [0.2, 0.25) is 5.95 Å². The summed E-state index contributed by atoms with van der Waals surface area (Å²) >= 11 is 1.35. The zero-order valence-electron chi connectivity index (χ0n) is 9.51. The molecule has 0 unspecified atom stereocenters. The predicted octanol–water partition coefficient (Wildman–Crippen LogP) is 1.61. The molecule has 0 radical (unpaired) electrons. The number of aromatic nitrogens is 2. The average molecular weight is 286 g/mol. The molecule has 2 aromatic rings. The lowest BCUT2D eigenvalue weighted by Crippen LogP contribution is -2.29. The third-order valence-corrected chi connectivity index (χ3v) is 2.78. The second-order valence-corrected chi connectivity index (χ2v) is 4.26. The fourth-order valence-corrected chi connectivity index (χ4v) is 1.85. The van der Waals surface area contributed by atoms with Crippen molar-refractivity contribution in [2.45, 2.75) is 6.92 Å². The summed E-state index contributed by atoms with van der Waals surface area (Å²) in [6, 6.07) is 5.18. The van der Waals surface area contributed by atoms with E-state index in [2.05, 4.69) is 20.8 Å².